The number of hydrogen-bond donors (Lipinski definition) is 1. The molecule has 0 spiro atoms. The van der Waals surface area contributed by atoms with Crippen LogP contribution in [0.25, 0.3) is 0 Å². The molecule has 0 aromatic heterocycles. The maximum Gasteiger partial charge on any atom is 0.260 e. The maximum atomic E-state index is 12.0. The van der Waals surface area contributed by atoms with Crippen molar-refractivity contribution in [1.82, 2.24) is 10.2 Å². The smallest absolute Gasteiger partial charge is 0.260 e. The van der Waals surface area contributed by atoms with E-state index in [0.717, 1.165) is 13.1 Å². The van der Waals surface area contributed by atoms with Crippen LogP contribution in [0.3, 0.4) is 0 Å². The zero-order valence-electron chi connectivity index (χ0n) is 12.3. The molecule has 1 fully saturated rings. The van der Waals surface area contributed by atoms with Gasteiger partial charge in [-0.05, 0) is 26.1 Å². The zero-order chi connectivity index (χ0) is 15.2. The molecule has 0 unspecified atom stereocenters. The number of amides is 1. The minimum absolute atomic E-state index is 0.0280. The van der Waals surface area contributed by atoms with Crippen LogP contribution in [0.4, 0.5) is 0 Å². The van der Waals surface area contributed by atoms with Gasteiger partial charge in [0.15, 0.2) is 6.10 Å². The standard InChI is InChI=1S/C15H21ClN2O3/c1-11(21-14-6-4-3-5-13(14)16)15(19)17-9-12-10-18(2)7-8-20-12/h3-6,11-12H,7-10H2,1-2H3,(H,17,19)/t11-,12-/m1/s1. The van der Waals surface area contributed by atoms with Crippen molar-refractivity contribution in [2.75, 3.05) is 33.3 Å². The Morgan fingerprint density at radius 1 is 1.57 bits per heavy atom. The third kappa shape index (κ3) is 4.88. The van der Waals surface area contributed by atoms with E-state index in [2.05, 4.69) is 10.2 Å². The molecule has 0 aliphatic carbocycles. The summed E-state index contributed by atoms with van der Waals surface area (Å²) in [7, 11) is 2.04. The number of rotatable bonds is 5. The van der Waals surface area contributed by atoms with Gasteiger partial charge in [-0.2, -0.15) is 0 Å². The van der Waals surface area contributed by atoms with Gasteiger partial charge in [0.2, 0.25) is 0 Å². The Hall–Kier alpha value is -1.30. The average Bonchev–Trinajstić information content (AvgIpc) is 2.47. The summed E-state index contributed by atoms with van der Waals surface area (Å²) >= 11 is 6.01. The summed E-state index contributed by atoms with van der Waals surface area (Å²) in [6.07, 6.45) is -0.577. The van der Waals surface area contributed by atoms with E-state index in [1.165, 1.54) is 0 Å². The Balaban J connectivity index is 1.78. The largest absolute Gasteiger partial charge is 0.479 e. The van der Waals surface area contributed by atoms with Crippen molar-refractivity contribution in [2.45, 2.75) is 19.1 Å². The van der Waals surface area contributed by atoms with Crippen LogP contribution in [0.15, 0.2) is 24.3 Å². The summed E-state index contributed by atoms with van der Waals surface area (Å²) in [6, 6.07) is 7.10. The quantitative estimate of drug-likeness (QED) is 0.896. The minimum atomic E-state index is -0.605. The first kappa shape index (κ1) is 16.1. The monoisotopic (exact) mass is 312 g/mol. The van der Waals surface area contributed by atoms with E-state index < -0.39 is 6.10 Å². The number of nitrogens with zero attached hydrogens (tertiary/aromatic N) is 1. The lowest BCUT2D eigenvalue weighted by Gasteiger charge is -2.30. The number of hydrogen-bond acceptors (Lipinski definition) is 4. The van der Waals surface area contributed by atoms with Crippen LogP contribution in [-0.4, -0.2) is 56.3 Å². The molecular formula is C15H21ClN2O3. The molecule has 6 heteroatoms. The molecule has 21 heavy (non-hydrogen) atoms. The number of likely N-dealkylation sites (N-methyl/N-ethyl adjacent to an activating group) is 1. The van der Waals surface area contributed by atoms with Crippen LogP contribution in [0.2, 0.25) is 5.02 Å². The second-order valence-electron chi connectivity index (χ2n) is 5.19. The van der Waals surface area contributed by atoms with Crippen LogP contribution in [-0.2, 0) is 9.53 Å². The highest BCUT2D eigenvalue weighted by Gasteiger charge is 2.21. The van der Waals surface area contributed by atoms with Crippen molar-refractivity contribution in [3.63, 3.8) is 0 Å². The molecule has 1 saturated heterocycles. The summed E-state index contributed by atoms with van der Waals surface area (Å²) in [5, 5.41) is 3.35. The topological polar surface area (TPSA) is 50.8 Å². The molecule has 2 atom stereocenters. The van der Waals surface area contributed by atoms with Crippen LogP contribution in [0.5, 0.6) is 5.75 Å². The van der Waals surface area contributed by atoms with Gasteiger partial charge in [0.1, 0.15) is 5.75 Å². The highest BCUT2D eigenvalue weighted by Crippen LogP contribution is 2.24. The van der Waals surface area contributed by atoms with Crippen LogP contribution >= 0.6 is 11.6 Å². The van der Waals surface area contributed by atoms with E-state index >= 15 is 0 Å². The first-order chi connectivity index (χ1) is 10.1. The summed E-state index contributed by atoms with van der Waals surface area (Å²) in [5.41, 5.74) is 0. The van der Waals surface area contributed by atoms with Gasteiger partial charge in [-0.15, -0.1) is 0 Å². The summed E-state index contributed by atoms with van der Waals surface area (Å²) in [6.45, 7) is 4.63. The molecule has 2 rings (SSSR count). The molecular weight excluding hydrogens is 292 g/mol. The highest BCUT2D eigenvalue weighted by molar-refractivity contribution is 6.32. The number of carbonyl (C=O) groups is 1. The van der Waals surface area contributed by atoms with Gasteiger partial charge in [-0.1, -0.05) is 23.7 Å². The number of benzene rings is 1. The Morgan fingerprint density at radius 3 is 3.05 bits per heavy atom. The summed E-state index contributed by atoms with van der Waals surface area (Å²) in [5.74, 6) is 0.335. The molecule has 5 nitrogen and oxygen atoms in total. The molecule has 1 heterocycles. The fourth-order valence-electron chi connectivity index (χ4n) is 2.13. The van der Waals surface area contributed by atoms with Crippen LogP contribution < -0.4 is 10.1 Å². The average molecular weight is 313 g/mol. The van der Waals surface area contributed by atoms with Crippen LogP contribution in [0, 0.1) is 0 Å². The molecule has 0 radical (unpaired) electrons. The van der Waals surface area contributed by atoms with E-state index in [-0.39, 0.29) is 12.0 Å². The molecule has 1 aromatic rings. The third-order valence-corrected chi connectivity index (χ3v) is 3.67. The first-order valence-corrected chi connectivity index (χ1v) is 7.43. The molecule has 1 aliphatic rings. The van der Waals surface area contributed by atoms with E-state index in [1.54, 1.807) is 19.1 Å². The SMILES string of the molecule is C[C@@H](Oc1ccccc1Cl)C(=O)NC[C@@H]1CN(C)CCO1. The lowest BCUT2D eigenvalue weighted by molar-refractivity contribution is -0.128. The fraction of sp³-hybridized carbons (Fsp3) is 0.533. The van der Waals surface area contributed by atoms with Crippen molar-refractivity contribution >= 4 is 17.5 Å². The first-order valence-electron chi connectivity index (χ1n) is 7.05. The van der Waals surface area contributed by atoms with Gasteiger partial charge in [0.05, 0.1) is 17.7 Å². The van der Waals surface area contributed by atoms with Crippen molar-refractivity contribution in [3.8, 4) is 5.75 Å². The maximum absolute atomic E-state index is 12.0. The van der Waals surface area contributed by atoms with Crippen molar-refractivity contribution in [2.24, 2.45) is 0 Å². The predicted octanol–water partition coefficient (Wildman–Crippen LogP) is 1.55. The van der Waals surface area contributed by atoms with Crippen LogP contribution in [0.1, 0.15) is 6.92 Å². The van der Waals surface area contributed by atoms with Gasteiger partial charge in [-0.3, -0.25) is 4.79 Å². The Labute approximate surface area is 130 Å². The van der Waals surface area contributed by atoms with Gasteiger partial charge in [0.25, 0.3) is 5.91 Å². The van der Waals surface area contributed by atoms with E-state index in [9.17, 15) is 4.79 Å². The molecule has 1 N–H and O–H groups in total. The number of nitrogens with one attached hydrogen (secondary N) is 1. The Bertz CT molecular complexity index is 484. The molecule has 1 aromatic carbocycles. The molecule has 0 bridgehead atoms. The normalized spacial score (nSPS) is 20.8. The number of morpholine rings is 1. The minimum Gasteiger partial charge on any atom is -0.479 e. The van der Waals surface area contributed by atoms with E-state index in [0.29, 0.717) is 23.9 Å². The van der Waals surface area contributed by atoms with Gasteiger partial charge < -0.3 is 19.7 Å². The highest BCUT2D eigenvalue weighted by atomic mass is 35.5. The molecule has 0 saturated carbocycles. The number of carbonyl (C=O) groups excluding carboxylic acids is 1. The Morgan fingerprint density at radius 2 is 2.33 bits per heavy atom. The Kier molecular flexibility index (Phi) is 5.85. The zero-order valence-corrected chi connectivity index (χ0v) is 13.1. The van der Waals surface area contributed by atoms with Gasteiger partial charge in [0, 0.05) is 19.6 Å². The number of para-hydroxylation sites is 1. The van der Waals surface area contributed by atoms with E-state index in [4.69, 9.17) is 21.1 Å². The second kappa shape index (κ2) is 7.64. The lowest BCUT2D eigenvalue weighted by atomic mass is 10.2. The van der Waals surface area contributed by atoms with Gasteiger partial charge in [-0.25, -0.2) is 0 Å². The molecule has 116 valence electrons. The molecule has 1 aliphatic heterocycles. The van der Waals surface area contributed by atoms with Crippen molar-refractivity contribution in [3.05, 3.63) is 29.3 Å². The fourth-order valence-corrected chi connectivity index (χ4v) is 2.31. The third-order valence-electron chi connectivity index (χ3n) is 3.36. The van der Waals surface area contributed by atoms with Crippen molar-refractivity contribution < 1.29 is 14.3 Å². The van der Waals surface area contributed by atoms with Crippen molar-refractivity contribution in [1.29, 1.82) is 0 Å². The lowest BCUT2D eigenvalue weighted by Crippen LogP contribution is -2.47. The molecule has 1 amide bonds. The predicted molar refractivity (Wildman–Crippen MR) is 81.8 cm³/mol. The summed E-state index contributed by atoms with van der Waals surface area (Å²) < 4.78 is 11.2. The number of halogens is 1. The second-order valence-corrected chi connectivity index (χ2v) is 5.60. The summed E-state index contributed by atoms with van der Waals surface area (Å²) in [4.78, 5) is 14.2. The van der Waals surface area contributed by atoms with Gasteiger partial charge >= 0.3 is 0 Å². The number of ether oxygens (including phenoxy) is 2. The van der Waals surface area contributed by atoms with E-state index in [1.807, 2.05) is 19.2 Å².